The molecule has 0 fully saturated rings. The van der Waals surface area contributed by atoms with E-state index in [0.29, 0.717) is 11.4 Å². The zero-order chi connectivity index (χ0) is 30.3. The van der Waals surface area contributed by atoms with Gasteiger partial charge < -0.3 is 25.7 Å². The van der Waals surface area contributed by atoms with Gasteiger partial charge in [-0.3, -0.25) is 4.55 Å². The molecule has 4 N–H and O–H groups in total. The number of hydrogen-bond donors (Lipinski definition) is 3. The largest absolute Gasteiger partial charge is 0.505 e. The molecule has 0 aliphatic heterocycles. The summed E-state index contributed by atoms with van der Waals surface area (Å²) in [5, 5.41) is 27.3. The molecule has 237 valence electrons. The Balaban J connectivity index is -0.000000375. The Hall–Kier alpha value is -1.22. The second kappa shape index (κ2) is 27.9. The van der Waals surface area contributed by atoms with Crippen LogP contribution in [0.3, 0.4) is 0 Å². The fourth-order valence-electron chi connectivity index (χ4n) is 3.05. The summed E-state index contributed by atoms with van der Waals surface area (Å²) in [4.78, 5) is -0.528. The zero-order valence-corrected chi connectivity index (χ0v) is 36.0. The maximum atomic E-state index is 12.0. The molecule has 4 aromatic rings. The molecule has 0 saturated carbocycles. The maximum absolute atomic E-state index is 12.0. The van der Waals surface area contributed by atoms with Gasteiger partial charge in [0.2, 0.25) is 0 Å². The predicted molar refractivity (Wildman–Crippen MR) is 166 cm³/mol. The molecule has 0 bridgehead atoms. The van der Waals surface area contributed by atoms with Crippen LogP contribution in [0.5, 0.6) is 5.75 Å². The normalized spacial score (nSPS) is 9.44. The van der Waals surface area contributed by atoms with Crippen LogP contribution < -0.4 is 5.73 Å². The standard InChI is InChI=1S/C22H17N5O4S.2C2H6.2CH3.O3S.3Y/c23-20-19-14(11-12-17(22(19)28)26-24-15-7-3-1-4-8-15)13-18(32(29,30)31)21(20)27-25-16-9-5-2-6-10-16;2*1-2;;;1-4(2)3;;;/h1-13,28H,23H2,(H,29,30,31);2*1-2H3;2*1H3;;;;/q;;;2*-1;;;;. The first-order valence-electron chi connectivity index (χ1n) is 11.8. The Bertz CT molecular complexity index is 1690. The number of nitrogens with zero attached hydrogens (tertiary/aromatic N) is 4. The predicted octanol–water partition coefficient (Wildman–Crippen LogP) is 8.15. The number of aromatic hydroxyl groups is 1. The number of hydrogen-bond acceptors (Lipinski definition) is 11. The number of fused-ring (bicyclic) bond motifs is 1. The SMILES string of the molecule is CC.CC.Nc1c(N=Nc2ccccc2)c(S(=O)(=O)O)cc2ccc(N=Nc3ccccc3)c(O)c12.O=S(=O)=O.[CH3-].[CH3-].[Y].[Y].[Y]. The molecule has 12 nitrogen and oxygen atoms in total. The van der Waals surface area contributed by atoms with Crippen LogP contribution in [0.1, 0.15) is 27.7 Å². The third kappa shape index (κ3) is 17.5. The van der Waals surface area contributed by atoms with E-state index in [1.54, 1.807) is 54.6 Å². The third-order valence-electron chi connectivity index (χ3n) is 4.56. The van der Waals surface area contributed by atoms with Crippen molar-refractivity contribution in [3.05, 3.63) is 93.7 Å². The second-order valence-corrected chi connectivity index (χ2v) is 8.72. The molecule has 4 aromatic carbocycles. The van der Waals surface area contributed by atoms with Gasteiger partial charge in [-0.2, -0.15) is 18.6 Å². The van der Waals surface area contributed by atoms with Crippen LogP contribution in [0.4, 0.5) is 28.4 Å². The molecule has 0 atom stereocenters. The van der Waals surface area contributed by atoms with Crippen LogP contribution in [0, 0.1) is 14.9 Å². The van der Waals surface area contributed by atoms with E-state index >= 15 is 0 Å². The Morgan fingerprint density at radius 3 is 1.49 bits per heavy atom. The molecule has 0 aromatic heterocycles. The van der Waals surface area contributed by atoms with E-state index in [1.807, 2.05) is 33.8 Å². The van der Waals surface area contributed by atoms with Crippen molar-refractivity contribution in [1.82, 2.24) is 0 Å². The summed E-state index contributed by atoms with van der Waals surface area (Å²) in [6, 6.07) is 21.6. The zero-order valence-electron chi connectivity index (χ0n) is 25.9. The van der Waals surface area contributed by atoms with Gasteiger partial charge >= 0.3 is 10.6 Å². The van der Waals surface area contributed by atoms with Gasteiger partial charge in [0.1, 0.15) is 16.3 Å². The van der Waals surface area contributed by atoms with Gasteiger partial charge in [0.25, 0.3) is 10.1 Å². The van der Waals surface area contributed by atoms with E-state index < -0.39 is 25.6 Å². The van der Waals surface area contributed by atoms with Crippen LogP contribution in [-0.2, 0) is 119 Å². The molecule has 3 radical (unpaired) electrons. The summed E-state index contributed by atoms with van der Waals surface area (Å²) < 4.78 is 59.0. The van der Waals surface area contributed by atoms with E-state index in [0.717, 1.165) is 6.07 Å². The number of azo groups is 2. The number of nitrogen functional groups attached to an aromatic ring is 1. The minimum Gasteiger partial charge on any atom is -0.505 e. The molecule has 0 saturated heterocycles. The quantitative estimate of drug-likeness (QED) is 0.0771. The molecule has 0 unspecified atom stereocenters. The number of rotatable bonds is 5. The average molecular weight is 884 g/mol. The summed E-state index contributed by atoms with van der Waals surface area (Å²) in [5.74, 6) is -0.308. The molecule has 0 amide bonds. The van der Waals surface area contributed by atoms with Crippen LogP contribution in [0.2, 0.25) is 0 Å². The van der Waals surface area contributed by atoms with Gasteiger partial charge in [0, 0.05) is 98.1 Å². The van der Waals surface area contributed by atoms with Crippen molar-refractivity contribution < 1.29 is 129 Å². The molecule has 0 heterocycles. The second-order valence-electron chi connectivity index (χ2n) is 6.92. The van der Waals surface area contributed by atoms with Gasteiger partial charge in [-0.25, -0.2) is 0 Å². The van der Waals surface area contributed by atoms with Crippen molar-refractivity contribution in [3.8, 4) is 5.75 Å². The van der Waals surface area contributed by atoms with Crippen molar-refractivity contribution in [2.75, 3.05) is 5.73 Å². The molecule has 0 spiro atoms. The molecule has 4 rings (SSSR count). The minimum absolute atomic E-state index is 0. The first-order valence-corrected chi connectivity index (χ1v) is 14.3. The summed E-state index contributed by atoms with van der Waals surface area (Å²) in [6.45, 7) is 8.00. The van der Waals surface area contributed by atoms with Crippen LogP contribution in [0.15, 0.2) is 104 Å². The molecule has 0 aliphatic carbocycles. The Kier molecular flexibility index (Phi) is 33.0. The number of phenolic OH excluding ortho intramolecular Hbond substituents is 1. The van der Waals surface area contributed by atoms with Gasteiger partial charge in [-0.1, -0.05) is 70.2 Å². The van der Waals surface area contributed by atoms with E-state index in [4.69, 9.17) is 18.4 Å². The minimum atomic E-state index is -4.68. The van der Waals surface area contributed by atoms with Crippen LogP contribution >= 0.6 is 0 Å². The van der Waals surface area contributed by atoms with E-state index in [2.05, 4.69) is 20.5 Å². The number of benzene rings is 4. The average Bonchev–Trinajstić information content (AvgIpc) is 2.94. The van der Waals surface area contributed by atoms with Gasteiger partial charge in [0.15, 0.2) is 5.75 Å². The monoisotopic (exact) mass is 884 g/mol. The van der Waals surface area contributed by atoms with Crippen molar-refractivity contribution >= 4 is 59.9 Å². The fourth-order valence-corrected chi connectivity index (χ4v) is 3.72. The van der Waals surface area contributed by atoms with E-state index in [1.165, 1.54) is 12.1 Å². The summed E-state index contributed by atoms with van der Waals surface area (Å²) >= 11 is 0. The summed E-state index contributed by atoms with van der Waals surface area (Å²) in [6.07, 6.45) is 0. The Morgan fingerprint density at radius 2 is 1.09 bits per heavy atom. The number of phenols is 1. The van der Waals surface area contributed by atoms with Gasteiger partial charge in [0.05, 0.1) is 22.4 Å². The van der Waals surface area contributed by atoms with Crippen molar-refractivity contribution in [3.63, 3.8) is 0 Å². The maximum Gasteiger partial charge on any atom is 0.425 e. The molecule has 0 aliphatic rings. The fraction of sp³-hybridized carbons (Fsp3) is 0.143. The molecular weight excluding hydrogens is 849 g/mol. The first-order chi connectivity index (χ1) is 19.1. The van der Waals surface area contributed by atoms with Crippen molar-refractivity contribution in [2.45, 2.75) is 32.6 Å². The van der Waals surface area contributed by atoms with Crippen LogP contribution in [0.25, 0.3) is 10.8 Å². The third-order valence-corrected chi connectivity index (χ3v) is 5.43. The summed E-state index contributed by atoms with van der Waals surface area (Å²) in [7, 11) is -7.79. The molecule has 17 heteroatoms. The molecule has 45 heavy (non-hydrogen) atoms. The number of nitrogens with two attached hydrogens (primary N) is 1. The molecular formula is C28H35N5O7S2Y3-2. The Morgan fingerprint density at radius 1 is 0.689 bits per heavy atom. The summed E-state index contributed by atoms with van der Waals surface area (Å²) in [5.41, 5.74) is 6.88. The van der Waals surface area contributed by atoms with E-state index in [-0.39, 0.29) is 147 Å². The van der Waals surface area contributed by atoms with Gasteiger partial charge in [-0.05, 0) is 41.8 Å². The smallest absolute Gasteiger partial charge is 0.425 e. The first kappa shape index (κ1) is 53.3. The number of anilines is 1. The topological polar surface area (TPSA) is 201 Å². The van der Waals surface area contributed by atoms with Crippen molar-refractivity contribution in [1.29, 1.82) is 0 Å². The van der Waals surface area contributed by atoms with Crippen molar-refractivity contribution in [2.24, 2.45) is 20.5 Å². The Labute approximate surface area is 342 Å². The van der Waals surface area contributed by atoms with E-state index in [9.17, 15) is 18.1 Å². The van der Waals surface area contributed by atoms with Gasteiger partial charge in [-0.15, -0.1) is 22.9 Å². The van der Waals surface area contributed by atoms with Crippen LogP contribution in [-0.4, -0.2) is 30.7 Å².